The highest BCUT2D eigenvalue weighted by molar-refractivity contribution is 5.40. The van der Waals surface area contributed by atoms with Crippen molar-refractivity contribution in [3.8, 4) is 5.75 Å². The van der Waals surface area contributed by atoms with Gasteiger partial charge in [-0.15, -0.1) is 0 Å². The van der Waals surface area contributed by atoms with Gasteiger partial charge in [0.2, 0.25) is 0 Å². The molecule has 1 aliphatic rings. The van der Waals surface area contributed by atoms with E-state index in [4.69, 9.17) is 15.6 Å². The number of benzene rings is 1. The summed E-state index contributed by atoms with van der Waals surface area (Å²) in [6.07, 6.45) is 3.27. The molecule has 4 N–H and O–H groups in total. The maximum absolute atomic E-state index is 8.65. The molecule has 0 bridgehead atoms. The molecule has 0 amide bonds. The molecule has 1 aromatic carbocycles. The van der Waals surface area contributed by atoms with Gasteiger partial charge in [0.1, 0.15) is 12.4 Å². The first kappa shape index (κ1) is 13.3. The summed E-state index contributed by atoms with van der Waals surface area (Å²) in [7, 11) is 0. The van der Waals surface area contributed by atoms with Crippen LogP contribution in [0.3, 0.4) is 0 Å². The van der Waals surface area contributed by atoms with Crippen LogP contribution >= 0.6 is 0 Å². The fraction of sp³-hybridized carbons (Fsp3) is 0.571. The average Bonchev–Trinajstić information content (AvgIpc) is 2.36. The van der Waals surface area contributed by atoms with Crippen LogP contribution in [0.5, 0.6) is 5.75 Å². The standard InChI is InChI=1S/C14H22N2O2/c15-14(6-3-7-14)12-4-1-2-5-13(12)18-11-9-16-8-10-17/h1-2,4-5,16-17H,3,6-11,15H2. The average molecular weight is 250 g/mol. The molecule has 1 fully saturated rings. The second-order valence-electron chi connectivity index (χ2n) is 4.83. The number of aliphatic hydroxyl groups excluding tert-OH is 1. The van der Waals surface area contributed by atoms with Gasteiger partial charge in [-0.1, -0.05) is 18.2 Å². The van der Waals surface area contributed by atoms with Crippen LogP contribution in [-0.4, -0.2) is 31.4 Å². The minimum Gasteiger partial charge on any atom is -0.492 e. The van der Waals surface area contributed by atoms with Crippen LogP contribution in [0.15, 0.2) is 24.3 Å². The van der Waals surface area contributed by atoms with E-state index >= 15 is 0 Å². The van der Waals surface area contributed by atoms with Crippen LogP contribution in [0.25, 0.3) is 0 Å². The lowest BCUT2D eigenvalue weighted by Gasteiger charge is -2.39. The van der Waals surface area contributed by atoms with Crippen molar-refractivity contribution in [2.75, 3.05) is 26.3 Å². The predicted molar refractivity (Wildman–Crippen MR) is 71.6 cm³/mol. The number of aliphatic hydroxyl groups is 1. The Labute approximate surface area is 108 Å². The fourth-order valence-corrected chi connectivity index (χ4v) is 2.27. The number of rotatable bonds is 7. The minimum atomic E-state index is -0.185. The largest absolute Gasteiger partial charge is 0.492 e. The Bertz CT molecular complexity index is 378. The quantitative estimate of drug-likeness (QED) is 0.631. The first-order valence-electron chi connectivity index (χ1n) is 6.59. The maximum atomic E-state index is 8.65. The van der Waals surface area contributed by atoms with E-state index in [0.717, 1.165) is 30.7 Å². The molecule has 1 aliphatic carbocycles. The molecule has 0 atom stereocenters. The summed E-state index contributed by atoms with van der Waals surface area (Å²) in [5.74, 6) is 0.894. The van der Waals surface area contributed by atoms with Crippen molar-refractivity contribution in [2.45, 2.75) is 24.8 Å². The minimum absolute atomic E-state index is 0.155. The Morgan fingerprint density at radius 3 is 2.72 bits per heavy atom. The normalized spacial score (nSPS) is 17.2. The Kier molecular flexibility index (Phi) is 4.58. The lowest BCUT2D eigenvalue weighted by atomic mass is 9.72. The summed E-state index contributed by atoms with van der Waals surface area (Å²) in [5, 5.41) is 11.7. The van der Waals surface area contributed by atoms with Crippen molar-refractivity contribution >= 4 is 0 Å². The maximum Gasteiger partial charge on any atom is 0.124 e. The molecular weight excluding hydrogens is 228 g/mol. The zero-order chi connectivity index (χ0) is 12.8. The van der Waals surface area contributed by atoms with Gasteiger partial charge in [0, 0.05) is 24.2 Å². The van der Waals surface area contributed by atoms with E-state index in [-0.39, 0.29) is 12.1 Å². The third kappa shape index (κ3) is 3.02. The zero-order valence-corrected chi connectivity index (χ0v) is 10.7. The number of hydrogen-bond acceptors (Lipinski definition) is 4. The summed E-state index contributed by atoms with van der Waals surface area (Å²) in [5.41, 5.74) is 7.29. The van der Waals surface area contributed by atoms with Gasteiger partial charge >= 0.3 is 0 Å². The summed E-state index contributed by atoms with van der Waals surface area (Å²) in [4.78, 5) is 0. The van der Waals surface area contributed by atoms with E-state index in [2.05, 4.69) is 11.4 Å². The van der Waals surface area contributed by atoms with Crippen LogP contribution < -0.4 is 15.8 Å². The van der Waals surface area contributed by atoms with Gasteiger partial charge in [-0.25, -0.2) is 0 Å². The highest BCUT2D eigenvalue weighted by Gasteiger charge is 2.36. The predicted octanol–water partition coefficient (Wildman–Crippen LogP) is 0.985. The number of para-hydroxylation sites is 1. The Morgan fingerprint density at radius 1 is 1.28 bits per heavy atom. The third-order valence-electron chi connectivity index (χ3n) is 3.49. The van der Waals surface area contributed by atoms with E-state index in [1.54, 1.807) is 0 Å². The number of hydrogen-bond donors (Lipinski definition) is 3. The van der Waals surface area contributed by atoms with Crippen molar-refractivity contribution in [1.82, 2.24) is 5.32 Å². The number of ether oxygens (including phenoxy) is 1. The molecule has 4 heteroatoms. The van der Waals surface area contributed by atoms with Crippen LogP contribution in [0.1, 0.15) is 24.8 Å². The van der Waals surface area contributed by atoms with Crippen molar-refractivity contribution in [2.24, 2.45) is 5.73 Å². The summed E-state index contributed by atoms with van der Waals surface area (Å²) >= 11 is 0. The Hall–Kier alpha value is -1.10. The highest BCUT2D eigenvalue weighted by Crippen LogP contribution is 2.42. The van der Waals surface area contributed by atoms with Gasteiger partial charge in [-0.3, -0.25) is 0 Å². The van der Waals surface area contributed by atoms with Crippen molar-refractivity contribution in [3.63, 3.8) is 0 Å². The molecule has 4 nitrogen and oxygen atoms in total. The Morgan fingerprint density at radius 2 is 2.06 bits per heavy atom. The molecular formula is C14H22N2O2. The summed E-state index contributed by atoms with van der Waals surface area (Å²) in [6.45, 7) is 2.08. The molecule has 1 aromatic rings. The van der Waals surface area contributed by atoms with Gasteiger partial charge in [-0.05, 0) is 25.3 Å². The van der Waals surface area contributed by atoms with Crippen LogP contribution in [0.4, 0.5) is 0 Å². The lowest BCUT2D eigenvalue weighted by Crippen LogP contribution is -2.43. The first-order valence-corrected chi connectivity index (χ1v) is 6.59. The van der Waals surface area contributed by atoms with Crippen LogP contribution in [0, 0.1) is 0 Å². The summed E-state index contributed by atoms with van der Waals surface area (Å²) < 4.78 is 5.78. The van der Waals surface area contributed by atoms with Gasteiger partial charge in [-0.2, -0.15) is 0 Å². The topological polar surface area (TPSA) is 67.5 Å². The van der Waals surface area contributed by atoms with E-state index < -0.39 is 0 Å². The zero-order valence-electron chi connectivity index (χ0n) is 10.7. The van der Waals surface area contributed by atoms with Crippen molar-refractivity contribution in [3.05, 3.63) is 29.8 Å². The number of nitrogens with one attached hydrogen (secondary N) is 1. The molecule has 0 saturated heterocycles. The molecule has 0 aromatic heterocycles. The van der Waals surface area contributed by atoms with Gasteiger partial charge in [0.15, 0.2) is 0 Å². The summed E-state index contributed by atoms with van der Waals surface area (Å²) in [6, 6.07) is 8.03. The molecule has 100 valence electrons. The molecule has 0 unspecified atom stereocenters. The molecule has 0 radical (unpaired) electrons. The molecule has 0 spiro atoms. The third-order valence-corrected chi connectivity index (χ3v) is 3.49. The molecule has 1 saturated carbocycles. The van der Waals surface area contributed by atoms with Crippen molar-refractivity contribution < 1.29 is 9.84 Å². The van der Waals surface area contributed by atoms with E-state index in [1.807, 2.05) is 18.2 Å². The highest BCUT2D eigenvalue weighted by atomic mass is 16.5. The van der Waals surface area contributed by atoms with E-state index in [0.29, 0.717) is 13.2 Å². The van der Waals surface area contributed by atoms with Gasteiger partial charge < -0.3 is 20.9 Å². The number of nitrogens with two attached hydrogens (primary N) is 1. The lowest BCUT2D eigenvalue weighted by molar-refractivity contribution is 0.233. The molecule has 18 heavy (non-hydrogen) atoms. The van der Waals surface area contributed by atoms with Crippen molar-refractivity contribution in [1.29, 1.82) is 0 Å². The molecule has 0 aliphatic heterocycles. The monoisotopic (exact) mass is 250 g/mol. The van der Waals surface area contributed by atoms with Gasteiger partial charge in [0.25, 0.3) is 0 Å². The van der Waals surface area contributed by atoms with Crippen LogP contribution in [0.2, 0.25) is 0 Å². The fourth-order valence-electron chi connectivity index (χ4n) is 2.27. The first-order chi connectivity index (χ1) is 8.76. The van der Waals surface area contributed by atoms with E-state index in [1.165, 1.54) is 6.42 Å². The van der Waals surface area contributed by atoms with E-state index in [9.17, 15) is 0 Å². The molecule has 2 rings (SSSR count). The SMILES string of the molecule is NC1(c2ccccc2OCCNCCO)CCC1. The second kappa shape index (κ2) is 6.18. The smallest absolute Gasteiger partial charge is 0.124 e. The second-order valence-corrected chi connectivity index (χ2v) is 4.83. The molecule has 0 heterocycles. The Balaban J connectivity index is 1.91. The van der Waals surface area contributed by atoms with Gasteiger partial charge in [0.05, 0.1) is 6.61 Å². The van der Waals surface area contributed by atoms with Crippen LogP contribution in [-0.2, 0) is 5.54 Å².